The molecule has 3 rings (SSSR count). The molecule has 6 heteroatoms. The number of nitrogens with zero attached hydrogens (tertiary/aromatic N) is 2. The van der Waals surface area contributed by atoms with E-state index in [1.807, 2.05) is 0 Å². The van der Waals surface area contributed by atoms with E-state index in [2.05, 4.69) is 15.3 Å². The Kier molecular flexibility index (Phi) is 3.57. The second kappa shape index (κ2) is 5.69. The van der Waals surface area contributed by atoms with Crippen LogP contribution in [0, 0.1) is 0 Å². The number of amidine groups is 1. The zero-order valence-corrected chi connectivity index (χ0v) is 11.5. The first-order valence-electron chi connectivity index (χ1n) is 6.66. The van der Waals surface area contributed by atoms with Gasteiger partial charge in [0.05, 0.1) is 5.70 Å². The summed E-state index contributed by atoms with van der Waals surface area (Å²) in [7, 11) is 0. The van der Waals surface area contributed by atoms with Crippen molar-refractivity contribution in [2.75, 3.05) is 0 Å². The molecule has 1 amide bonds. The highest BCUT2D eigenvalue weighted by molar-refractivity contribution is 6.08. The smallest absolute Gasteiger partial charge is 0.275 e. The van der Waals surface area contributed by atoms with Crippen molar-refractivity contribution in [1.82, 2.24) is 10.3 Å². The molecule has 2 aromatic rings. The van der Waals surface area contributed by atoms with Crippen LogP contribution in [0.15, 0.2) is 53.7 Å². The maximum absolute atomic E-state index is 12.0. The van der Waals surface area contributed by atoms with Gasteiger partial charge in [0.25, 0.3) is 5.91 Å². The number of amides is 1. The predicted molar refractivity (Wildman–Crippen MR) is 81.5 cm³/mol. The maximum atomic E-state index is 12.0. The van der Waals surface area contributed by atoms with E-state index in [1.54, 1.807) is 36.5 Å². The van der Waals surface area contributed by atoms with Gasteiger partial charge in [-0.1, -0.05) is 12.1 Å². The third-order valence-electron chi connectivity index (χ3n) is 3.16. The van der Waals surface area contributed by atoms with Crippen LogP contribution in [0.5, 0.6) is 11.5 Å². The topological polar surface area (TPSA) is 94.8 Å². The predicted octanol–water partition coefficient (Wildman–Crippen LogP) is 2.07. The zero-order valence-electron chi connectivity index (χ0n) is 11.5. The molecule has 1 aliphatic heterocycles. The van der Waals surface area contributed by atoms with E-state index in [9.17, 15) is 15.0 Å². The van der Waals surface area contributed by atoms with E-state index in [-0.39, 0.29) is 17.4 Å². The Bertz CT molecular complexity index is 782. The maximum Gasteiger partial charge on any atom is 0.275 e. The molecule has 1 aromatic carbocycles. The van der Waals surface area contributed by atoms with Crippen LogP contribution in [0.2, 0.25) is 0 Å². The monoisotopic (exact) mass is 295 g/mol. The number of hydrogen-bond acceptors (Lipinski definition) is 5. The quantitative estimate of drug-likeness (QED) is 0.790. The Morgan fingerprint density at radius 2 is 2.05 bits per heavy atom. The summed E-state index contributed by atoms with van der Waals surface area (Å²) in [6.45, 7) is 0. The van der Waals surface area contributed by atoms with Gasteiger partial charge in [0.15, 0.2) is 0 Å². The van der Waals surface area contributed by atoms with Gasteiger partial charge in [-0.05, 0) is 24.3 Å². The molecule has 6 nitrogen and oxygen atoms in total. The Labute approximate surface area is 126 Å². The van der Waals surface area contributed by atoms with Crippen molar-refractivity contribution in [3.05, 3.63) is 59.9 Å². The van der Waals surface area contributed by atoms with Gasteiger partial charge in [0, 0.05) is 24.2 Å². The summed E-state index contributed by atoms with van der Waals surface area (Å²) < 4.78 is 0. The number of hydrogen-bond donors (Lipinski definition) is 3. The summed E-state index contributed by atoms with van der Waals surface area (Å²) in [5, 5.41) is 21.8. The summed E-state index contributed by atoms with van der Waals surface area (Å²) >= 11 is 0. The SMILES string of the molecule is O=C(NC1=NC(c2ccc(O)cc2O)=CC1)c1ccccn1. The molecule has 2 heterocycles. The van der Waals surface area contributed by atoms with Crippen molar-refractivity contribution < 1.29 is 15.0 Å². The normalized spacial score (nSPS) is 13.5. The van der Waals surface area contributed by atoms with Gasteiger partial charge in [-0.2, -0.15) is 0 Å². The third kappa shape index (κ3) is 2.80. The Balaban J connectivity index is 1.75. The van der Waals surface area contributed by atoms with Crippen molar-refractivity contribution in [2.24, 2.45) is 4.99 Å². The first-order chi connectivity index (χ1) is 10.6. The molecule has 110 valence electrons. The van der Waals surface area contributed by atoms with Crippen LogP contribution >= 0.6 is 0 Å². The van der Waals surface area contributed by atoms with Crippen molar-refractivity contribution in [3.8, 4) is 11.5 Å². The summed E-state index contributed by atoms with van der Waals surface area (Å²) in [5.41, 5.74) is 1.36. The summed E-state index contributed by atoms with van der Waals surface area (Å²) in [4.78, 5) is 20.3. The Morgan fingerprint density at radius 3 is 2.77 bits per heavy atom. The van der Waals surface area contributed by atoms with Crippen LogP contribution in [0.3, 0.4) is 0 Å². The number of phenols is 2. The Hall–Kier alpha value is -3.15. The van der Waals surface area contributed by atoms with Crippen LogP contribution in [0.25, 0.3) is 5.70 Å². The molecule has 3 N–H and O–H groups in total. The lowest BCUT2D eigenvalue weighted by molar-refractivity contribution is 0.0972. The molecule has 0 bridgehead atoms. The number of aromatic hydroxyl groups is 2. The minimum Gasteiger partial charge on any atom is -0.508 e. The van der Waals surface area contributed by atoms with Gasteiger partial charge in [-0.25, -0.2) is 4.99 Å². The highest BCUT2D eigenvalue weighted by Gasteiger charge is 2.16. The average molecular weight is 295 g/mol. The summed E-state index contributed by atoms with van der Waals surface area (Å²) in [6, 6.07) is 9.37. The number of carbonyl (C=O) groups excluding carboxylic acids is 1. The molecule has 0 spiro atoms. The van der Waals surface area contributed by atoms with Gasteiger partial charge in [0.1, 0.15) is 23.0 Å². The summed E-state index contributed by atoms with van der Waals surface area (Å²) in [5.74, 6) is 0.0712. The first-order valence-corrected chi connectivity index (χ1v) is 6.66. The average Bonchev–Trinajstić information content (AvgIpc) is 2.96. The highest BCUT2D eigenvalue weighted by atomic mass is 16.3. The molecule has 0 fully saturated rings. The number of pyridine rings is 1. The molecular weight excluding hydrogens is 282 g/mol. The summed E-state index contributed by atoms with van der Waals surface area (Å²) in [6.07, 6.45) is 3.79. The number of phenolic OH excluding ortho intramolecular Hbond substituents is 2. The highest BCUT2D eigenvalue weighted by Crippen LogP contribution is 2.31. The molecule has 0 unspecified atom stereocenters. The van der Waals surface area contributed by atoms with Gasteiger partial charge in [-0.15, -0.1) is 0 Å². The van der Waals surface area contributed by atoms with Crippen LogP contribution in [-0.4, -0.2) is 26.9 Å². The lowest BCUT2D eigenvalue weighted by Crippen LogP contribution is -2.29. The molecule has 0 aliphatic carbocycles. The molecule has 0 atom stereocenters. The lowest BCUT2D eigenvalue weighted by atomic mass is 10.1. The number of aromatic nitrogens is 1. The minimum atomic E-state index is -0.330. The fourth-order valence-corrected chi connectivity index (χ4v) is 2.11. The number of aliphatic imine (C=N–C) groups is 1. The number of rotatable bonds is 2. The van der Waals surface area contributed by atoms with Crippen molar-refractivity contribution in [1.29, 1.82) is 0 Å². The van der Waals surface area contributed by atoms with Gasteiger partial charge < -0.3 is 15.5 Å². The van der Waals surface area contributed by atoms with Crippen molar-refractivity contribution in [3.63, 3.8) is 0 Å². The van der Waals surface area contributed by atoms with Crippen LogP contribution < -0.4 is 5.32 Å². The van der Waals surface area contributed by atoms with Crippen molar-refractivity contribution >= 4 is 17.4 Å². The molecule has 1 aliphatic rings. The zero-order chi connectivity index (χ0) is 15.5. The van der Waals surface area contributed by atoms with E-state index in [1.165, 1.54) is 12.1 Å². The van der Waals surface area contributed by atoms with Crippen molar-refractivity contribution in [2.45, 2.75) is 6.42 Å². The second-order valence-corrected chi connectivity index (χ2v) is 4.72. The largest absolute Gasteiger partial charge is 0.508 e. The van der Waals surface area contributed by atoms with Crippen LogP contribution in [0.1, 0.15) is 22.5 Å². The molecule has 0 saturated heterocycles. The van der Waals surface area contributed by atoms with E-state index in [0.29, 0.717) is 29.2 Å². The molecule has 22 heavy (non-hydrogen) atoms. The van der Waals surface area contributed by atoms with Gasteiger partial charge >= 0.3 is 0 Å². The molecular formula is C16H13N3O3. The number of benzene rings is 1. The van der Waals surface area contributed by atoms with E-state index in [0.717, 1.165) is 0 Å². The number of carbonyl (C=O) groups is 1. The lowest BCUT2D eigenvalue weighted by Gasteiger charge is -2.05. The van der Waals surface area contributed by atoms with E-state index >= 15 is 0 Å². The second-order valence-electron chi connectivity index (χ2n) is 4.72. The molecule has 1 aromatic heterocycles. The minimum absolute atomic E-state index is 0.0208. The number of nitrogens with one attached hydrogen (secondary N) is 1. The standard InChI is InChI=1S/C16H13N3O3/c20-10-4-5-11(14(21)9-10)12-6-7-15(18-12)19-16(22)13-3-1-2-8-17-13/h1-6,8-9,20-21H,7H2,(H,18,19,22). The van der Waals surface area contributed by atoms with E-state index < -0.39 is 0 Å². The van der Waals surface area contributed by atoms with Gasteiger partial charge in [-0.3, -0.25) is 9.78 Å². The van der Waals surface area contributed by atoms with Gasteiger partial charge in [0.2, 0.25) is 0 Å². The Morgan fingerprint density at radius 1 is 1.18 bits per heavy atom. The third-order valence-corrected chi connectivity index (χ3v) is 3.16. The first kappa shape index (κ1) is 13.8. The fraction of sp³-hybridized carbons (Fsp3) is 0.0625. The molecule has 0 saturated carbocycles. The van der Waals surface area contributed by atoms with E-state index in [4.69, 9.17) is 0 Å². The fourth-order valence-electron chi connectivity index (χ4n) is 2.11. The molecule has 0 radical (unpaired) electrons. The van der Waals surface area contributed by atoms with Crippen LogP contribution in [-0.2, 0) is 0 Å². The van der Waals surface area contributed by atoms with Crippen LogP contribution in [0.4, 0.5) is 0 Å².